The lowest BCUT2D eigenvalue weighted by molar-refractivity contribution is 0.635. The van der Waals surface area contributed by atoms with E-state index in [1.54, 1.807) is 17.1 Å². The lowest BCUT2D eigenvalue weighted by Gasteiger charge is -2.22. The molecular formula is C24H27N7O. The summed E-state index contributed by atoms with van der Waals surface area (Å²) < 4.78 is 3.72. The molecule has 164 valence electrons. The van der Waals surface area contributed by atoms with Crippen LogP contribution in [0.3, 0.4) is 0 Å². The number of nitrogens with one attached hydrogen (secondary N) is 1. The van der Waals surface area contributed by atoms with Gasteiger partial charge in [-0.05, 0) is 43.2 Å². The van der Waals surface area contributed by atoms with Gasteiger partial charge in [0.25, 0.3) is 5.56 Å². The Bertz CT molecular complexity index is 1370. The van der Waals surface area contributed by atoms with E-state index in [9.17, 15) is 4.79 Å². The topological polar surface area (TPSA) is 104 Å². The van der Waals surface area contributed by atoms with Crippen molar-refractivity contribution in [2.75, 3.05) is 11.1 Å². The number of fused-ring (bicyclic) bond motifs is 1. The highest BCUT2D eigenvalue weighted by Crippen LogP contribution is 2.38. The number of hydrogen-bond donors (Lipinski definition) is 2. The molecule has 1 saturated carbocycles. The number of aromatic nitrogens is 5. The molecular weight excluding hydrogens is 402 g/mol. The standard InChI is InChI=1S/C24H27N7O/c1-4-15-11-26-24(25)29-22(15)28-14(2)20-10-16-6-5-7-19(17-12-27-30(3)13-17)21(16)23(32)31(20)18-8-9-18/h5-7,10-14,18H,4,8-9H2,1-3H3,(H3,25,26,28,29). The first-order valence-electron chi connectivity index (χ1n) is 11.0. The van der Waals surface area contributed by atoms with Gasteiger partial charge in [0.15, 0.2) is 0 Å². The summed E-state index contributed by atoms with van der Waals surface area (Å²) in [5.41, 5.74) is 9.68. The van der Waals surface area contributed by atoms with Crippen LogP contribution in [0.1, 0.15) is 50.0 Å². The monoisotopic (exact) mass is 429 g/mol. The molecule has 8 heteroatoms. The molecule has 0 radical (unpaired) electrons. The van der Waals surface area contributed by atoms with Crippen LogP contribution >= 0.6 is 0 Å². The minimum absolute atomic E-state index is 0.0472. The summed E-state index contributed by atoms with van der Waals surface area (Å²) in [4.78, 5) is 22.3. The van der Waals surface area contributed by atoms with E-state index in [-0.39, 0.29) is 23.6 Å². The van der Waals surface area contributed by atoms with E-state index < -0.39 is 0 Å². The molecule has 1 aromatic carbocycles. The summed E-state index contributed by atoms with van der Waals surface area (Å²) in [5, 5.41) is 9.44. The van der Waals surface area contributed by atoms with Crippen molar-refractivity contribution in [2.24, 2.45) is 7.05 Å². The molecule has 1 aliphatic rings. The van der Waals surface area contributed by atoms with Gasteiger partial charge in [-0.1, -0.05) is 25.1 Å². The second-order valence-electron chi connectivity index (χ2n) is 8.47. The second kappa shape index (κ2) is 7.78. The van der Waals surface area contributed by atoms with Crippen LogP contribution in [0.4, 0.5) is 11.8 Å². The van der Waals surface area contributed by atoms with Gasteiger partial charge in [0.1, 0.15) is 5.82 Å². The zero-order chi connectivity index (χ0) is 22.4. The molecule has 0 bridgehead atoms. The van der Waals surface area contributed by atoms with Crippen LogP contribution in [0.15, 0.2) is 47.7 Å². The van der Waals surface area contributed by atoms with Crippen LogP contribution in [0.2, 0.25) is 0 Å². The average Bonchev–Trinajstić information content (AvgIpc) is 3.52. The van der Waals surface area contributed by atoms with Gasteiger partial charge >= 0.3 is 0 Å². The first-order chi connectivity index (χ1) is 15.5. The van der Waals surface area contributed by atoms with E-state index in [1.165, 1.54) is 0 Å². The molecule has 0 amide bonds. The first-order valence-corrected chi connectivity index (χ1v) is 11.0. The molecule has 0 spiro atoms. The van der Waals surface area contributed by atoms with E-state index in [1.807, 2.05) is 36.0 Å². The van der Waals surface area contributed by atoms with Gasteiger partial charge in [-0.15, -0.1) is 0 Å². The van der Waals surface area contributed by atoms with E-state index in [2.05, 4.69) is 40.3 Å². The van der Waals surface area contributed by atoms with Crippen LogP contribution in [-0.4, -0.2) is 24.3 Å². The third-order valence-electron chi connectivity index (χ3n) is 6.10. The molecule has 4 aromatic rings. The summed E-state index contributed by atoms with van der Waals surface area (Å²) in [6.07, 6.45) is 8.32. The van der Waals surface area contributed by atoms with Crippen molar-refractivity contribution < 1.29 is 0 Å². The Morgan fingerprint density at radius 2 is 2.09 bits per heavy atom. The maximum Gasteiger partial charge on any atom is 0.259 e. The van der Waals surface area contributed by atoms with E-state index >= 15 is 0 Å². The van der Waals surface area contributed by atoms with Crippen molar-refractivity contribution in [3.8, 4) is 11.1 Å². The molecule has 5 rings (SSSR count). The van der Waals surface area contributed by atoms with E-state index in [4.69, 9.17) is 5.73 Å². The average molecular weight is 430 g/mol. The quantitative estimate of drug-likeness (QED) is 0.483. The predicted molar refractivity (Wildman–Crippen MR) is 127 cm³/mol. The fourth-order valence-corrected chi connectivity index (χ4v) is 4.32. The summed E-state index contributed by atoms with van der Waals surface area (Å²) in [7, 11) is 1.88. The van der Waals surface area contributed by atoms with Crippen molar-refractivity contribution in [3.05, 3.63) is 64.5 Å². The second-order valence-corrected chi connectivity index (χ2v) is 8.47. The Kier molecular flexibility index (Phi) is 4.92. The number of anilines is 2. The Balaban J connectivity index is 1.65. The lowest BCUT2D eigenvalue weighted by Crippen LogP contribution is -2.27. The number of pyridine rings is 1. The summed E-state index contributed by atoms with van der Waals surface area (Å²) in [6.45, 7) is 4.11. The lowest BCUT2D eigenvalue weighted by atomic mass is 10.00. The molecule has 1 atom stereocenters. The highest BCUT2D eigenvalue weighted by atomic mass is 16.1. The molecule has 3 N–H and O–H groups in total. The number of benzene rings is 1. The van der Waals surface area contributed by atoms with Crippen LogP contribution < -0.4 is 16.6 Å². The fourth-order valence-electron chi connectivity index (χ4n) is 4.32. The molecule has 0 saturated heterocycles. The highest BCUT2D eigenvalue weighted by Gasteiger charge is 2.30. The minimum Gasteiger partial charge on any atom is -0.368 e. The maximum atomic E-state index is 13.8. The van der Waals surface area contributed by atoms with Gasteiger partial charge < -0.3 is 15.6 Å². The largest absolute Gasteiger partial charge is 0.368 e. The molecule has 1 unspecified atom stereocenters. The number of hydrogen-bond acceptors (Lipinski definition) is 6. The molecule has 3 heterocycles. The van der Waals surface area contributed by atoms with Crippen molar-refractivity contribution in [1.29, 1.82) is 0 Å². The summed E-state index contributed by atoms with van der Waals surface area (Å²) in [6, 6.07) is 8.22. The van der Waals surface area contributed by atoms with Gasteiger partial charge in [0.2, 0.25) is 5.95 Å². The Morgan fingerprint density at radius 1 is 1.28 bits per heavy atom. The summed E-state index contributed by atoms with van der Waals surface area (Å²) in [5.74, 6) is 0.947. The predicted octanol–water partition coefficient (Wildman–Crippen LogP) is 3.84. The molecule has 32 heavy (non-hydrogen) atoms. The maximum absolute atomic E-state index is 13.8. The molecule has 0 aliphatic heterocycles. The molecule has 3 aromatic heterocycles. The van der Waals surface area contributed by atoms with Crippen molar-refractivity contribution in [1.82, 2.24) is 24.3 Å². The van der Waals surface area contributed by atoms with E-state index in [0.717, 1.165) is 52.4 Å². The van der Waals surface area contributed by atoms with Gasteiger partial charge in [-0.2, -0.15) is 10.1 Å². The SMILES string of the molecule is CCc1cnc(N)nc1NC(C)c1cc2cccc(-c3cnn(C)c3)c2c(=O)n1C1CC1. The summed E-state index contributed by atoms with van der Waals surface area (Å²) >= 11 is 0. The van der Waals surface area contributed by atoms with Crippen LogP contribution in [-0.2, 0) is 13.5 Å². The Hall–Kier alpha value is -3.68. The van der Waals surface area contributed by atoms with E-state index in [0.29, 0.717) is 5.82 Å². The normalized spacial score (nSPS) is 14.6. The molecule has 1 aliphatic carbocycles. The number of nitrogens with two attached hydrogens (primary N) is 1. The van der Waals surface area contributed by atoms with Gasteiger partial charge in [-0.3, -0.25) is 9.48 Å². The smallest absolute Gasteiger partial charge is 0.259 e. The van der Waals surface area contributed by atoms with Crippen LogP contribution in [0.5, 0.6) is 0 Å². The highest BCUT2D eigenvalue weighted by molar-refractivity contribution is 5.96. The number of rotatable bonds is 6. The zero-order valence-corrected chi connectivity index (χ0v) is 18.5. The number of aryl methyl sites for hydroxylation is 2. The fraction of sp³-hybridized carbons (Fsp3) is 0.333. The van der Waals surface area contributed by atoms with Gasteiger partial charge in [0.05, 0.1) is 17.6 Å². The third kappa shape index (κ3) is 3.51. The van der Waals surface area contributed by atoms with Crippen molar-refractivity contribution in [3.63, 3.8) is 0 Å². The Labute approximate surface area is 186 Å². The minimum atomic E-state index is -0.130. The van der Waals surface area contributed by atoms with Crippen molar-refractivity contribution in [2.45, 2.75) is 45.2 Å². The zero-order valence-electron chi connectivity index (χ0n) is 18.5. The third-order valence-corrected chi connectivity index (χ3v) is 6.10. The first kappa shape index (κ1) is 20.2. The Morgan fingerprint density at radius 3 is 2.78 bits per heavy atom. The van der Waals surface area contributed by atoms with Crippen LogP contribution in [0.25, 0.3) is 21.9 Å². The molecule has 1 fully saturated rings. The van der Waals surface area contributed by atoms with Gasteiger partial charge in [-0.25, -0.2) is 4.98 Å². The number of nitrogens with zero attached hydrogens (tertiary/aromatic N) is 5. The van der Waals surface area contributed by atoms with Crippen LogP contribution in [0, 0.1) is 0 Å². The number of nitrogen functional groups attached to an aromatic ring is 1. The van der Waals surface area contributed by atoms with Gasteiger partial charge in [0, 0.05) is 42.3 Å². The molecule has 8 nitrogen and oxygen atoms in total. The van der Waals surface area contributed by atoms with Crippen molar-refractivity contribution >= 4 is 22.5 Å².